The number of fused-ring (bicyclic) bond motifs is 1. The molecule has 1 fully saturated rings. The Morgan fingerprint density at radius 3 is 2.70 bits per heavy atom. The molecule has 0 radical (unpaired) electrons. The van der Waals surface area contributed by atoms with Gasteiger partial charge in [0, 0.05) is 29.8 Å². The van der Waals surface area contributed by atoms with Crippen molar-refractivity contribution in [2.45, 2.75) is 38.4 Å². The number of hydrogen-bond acceptors (Lipinski definition) is 4. The summed E-state index contributed by atoms with van der Waals surface area (Å²) >= 11 is 0. The van der Waals surface area contributed by atoms with E-state index >= 15 is 0 Å². The number of aliphatic hydroxyl groups is 1. The molecule has 1 saturated heterocycles. The number of benzene rings is 2. The Bertz CT molecular complexity index is 1210. The monoisotopic (exact) mass is 448 g/mol. The minimum atomic E-state index is -0.700. The molecule has 2 aromatic carbocycles. The zero-order valence-corrected chi connectivity index (χ0v) is 18.5. The van der Waals surface area contributed by atoms with E-state index < -0.39 is 17.5 Å². The van der Waals surface area contributed by atoms with Crippen molar-refractivity contribution < 1.29 is 23.8 Å². The summed E-state index contributed by atoms with van der Waals surface area (Å²) < 4.78 is 19.7. The van der Waals surface area contributed by atoms with Gasteiger partial charge < -0.3 is 20.1 Å². The number of carbonyl (C=O) groups excluding carboxylic acids is 2. The van der Waals surface area contributed by atoms with E-state index in [1.807, 2.05) is 32.1 Å². The molecular weight excluding hydrogens is 423 g/mol. The molecule has 2 amide bonds. The number of likely N-dealkylation sites (tertiary alicyclic amines) is 1. The lowest BCUT2D eigenvalue weighted by Gasteiger charge is -2.30. The second kappa shape index (κ2) is 7.85. The second-order valence-electron chi connectivity index (χ2n) is 9.18. The van der Waals surface area contributed by atoms with E-state index in [0.717, 1.165) is 24.0 Å². The molecule has 7 heteroatoms. The van der Waals surface area contributed by atoms with Crippen LogP contribution in [0.15, 0.2) is 54.3 Å². The van der Waals surface area contributed by atoms with Crippen molar-refractivity contribution in [1.82, 2.24) is 4.90 Å². The van der Waals surface area contributed by atoms with E-state index in [9.17, 15) is 19.1 Å². The number of nitrogens with zero attached hydrogens (tertiary/aromatic N) is 1. The summed E-state index contributed by atoms with van der Waals surface area (Å²) in [5.41, 5.74) is 3.03. The largest absolute Gasteiger partial charge is 0.482 e. The Morgan fingerprint density at radius 1 is 1.21 bits per heavy atom. The van der Waals surface area contributed by atoms with Crippen LogP contribution in [0.3, 0.4) is 0 Å². The first kappa shape index (κ1) is 21.4. The van der Waals surface area contributed by atoms with Crippen LogP contribution in [0.1, 0.15) is 48.2 Å². The normalized spacial score (nSPS) is 23.6. The van der Waals surface area contributed by atoms with Crippen LogP contribution in [0, 0.1) is 5.82 Å². The summed E-state index contributed by atoms with van der Waals surface area (Å²) in [7, 11) is 0. The standard InChI is InChI=1S/C26H25FN2O4/c1-26(2)20(13-22(33-26)23-19-10-9-17(27)12-21(19)28-24(23)31)15-5-7-16(8-6-15)25(32)29-11-3-4-18(30)14-29/h5-10,12-13,18,30H,3-4,11,14H2,1-2H3,(H,28,31). The molecule has 170 valence electrons. The number of hydrogen-bond donors (Lipinski definition) is 2. The molecule has 3 heterocycles. The maximum absolute atomic E-state index is 13.6. The van der Waals surface area contributed by atoms with Crippen LogP contribution >= 0.6 is 0 Å². The third kappa shape index (κ3) is 3.82. The summed E-state index contributed by atoms with van der Waals surface area (Å²) in [4.78, 5) is 27.1. The topological polar surface area (TPSA) is 78.9 Å². The van der Waals surface area contributed by atoms with Crippen LogP contribution in [0.4, 0.5) is 10.1 Å². The SMILES string of the molecule is CC1(C)OC(=C2C(=O)Nc3cc(F)ccc32)C=C1c1ccc(C(=O)N2CCCC(O)C2)cc1. The van der Waals surface area contributed by atoms with E-state index in [1.165, 1.54) is 12.1 Å². The molecule has 5 rings (SSSR count). The molecule has 0 saturated carbocycles. The fourth-order valence-electron chi connectivity index (χ4n) is 4.72. The van der Waals surface area contributed by atoms with Gasteiger partial charge in [0.15, 0.2) is 0 Å². The highest BCUT2D eigenvalue weighted by molar-refractivity contribution is 6.32. The Hall–Kier alpha value is -3.45. The maximum atomic E-state index is 13.6. The lowest BCUT2D eigenvalue weighted by atomic mass is 9.91. The molecule has 1 unspecified atom stereocenters. The van der Waals surface area contributed by atoms with Crippen LogP contribution in [0.5, 0.6) is 0 Å². The second-order valence-corrected chi connectivity index (χ2v) is 9.18. The van der Waals surface area contributed by atoms with Gasteiger partial charge in [-0.05, 0) is 68.7 Å². The van der Waals surface area contributed by atoms with Gasteiger partial charge in [0.1, 0.15) is 17.2 Å². The van der Waals surface area contributed by atoms with Gasteiger partial charge in [0.25, 0.3) is 11.8 Å². The van der Waals surface area contributed by atoms with E-state index in [-0.39, 0.29) is 11.8 Å². The van der Waals surface area contributed by atoms with Crippen molar-refractivity contribution in [2.24, 2.45) is 0 Å². The smallest absolute Gasteiger partial charge is 0.260 e. The number of allylic oxidation sites excluding steroid dienone is 1. The van der Waals surface area contributed by atoms with Crippen molar-refractivity contribution in [3.63, 3.8) is 0 Å². The Morgan fingerprint density at radius 2 is 1.97 bits per heavy atom. The highest BCUT2D eigenvalue weighted by atomic mass is 19.1. The Kier molecular flexibility index (Phi) is 5.09. The number of aliphatic hydroxyl groups excluding tert-OH is 1. The number of rotatable bonds is 2. The van der Waals surface area contributed by atoms with Crippen molar-refractivity contribution in [1.29, 1.82) is 0 Å². The molecule has 6 nitrogen and oxygen atoms in total. The molecular formula is C26H25FN2O4. The van der Waals surface area contributed by atoms with Gasteiger partial charge in [0.05, 0.1) is 17.4 Å². The Balaban J connectivity index is 1.46. The fraction of sp³-hybridized carbons (Fsp3) is 0.308. The molecule has 0 bridgehead atoms. The minimum absolute atomic E-state index is 0.0921. The zero-order valence-electron chi connectivity index (χ0n) is 18.5. The van der Waals surface area contributed by atoms with E-state index in [0.29, 0.717) is 41.2 Å². The molecule has 0 spiro atoms. The number of β-amino-alcohol motifs (C(OH)–C–C–N with tert-alkyl or cyclic N) is 1. The van der Waals surface area contributed by atoms with Crippen LogP contribution in [0.2, 0.25) is 0 Å². The van der Waals surface area contributed by atoms with E-state index in [1.54, 1.807) is 23.1 Å². The number of piperidine rings is 1. The van der Waals surface area contributed by atoms with Gasteiger partial charge in [-0.25, -0.2) is 4.39 Å². The molecule has 2 N–H and O–H groups in total. The summed E-state index contributed by atoms with van der Waals surface area (Å²) in [6.45, 7) is 4.84. The van der Waals surface area contributed by atoms with E-state index in [4.69, 9.17) is 4.74 Å². The van der Waals surface area contributed by atoms with Crippen molar-refractivity contribution >= 4 is 28.6 Å². The van der Waals surface area contributed by atoms with Gasteiger partial charge >= 0.3 is 0 Å². The number of carbonyl (C=O) groups is 2. The lowest BCUT2D eigenvalue weighted by molar-refractivity contribution is -0.111. The van der Waals surface area contributed by atoms with Crippen molar-refractivity contribution in [3.8, 4) is 0 Å². The highest BCUT2D eigenvalue weighted by Crippen LogP contribution is 2.44. The molecule has 3 aliphatic heterocycles. The third-order valence-electron chi connectivity index (χ3n) is 6.39. The van der Waals surface area contributed by atoms with Crippen molar-refractivity contribution in [2.75, 3.05) is 18.4 Å². The lowest BCUT2D eigenvalue weighted by Crippen LogP contribution is -2.42. The third-order valence-corrected chi connectivity index (χ3v) is 6.39. The number of halogens is 1. The van der Waals surface area contributed by atoms with Crippen molar-refractivity contribution in [3.05, 3.63) is 76.8 Å². The average molecular weight is 448 g/mol. The van der Waals surface area contributed by atoms with Crippen LogP contribution in [-0.2, 0) is 9.53 Å². The van der Waals surface area contributed by atoms with Gasteiger partial charge in [-0.3, -0.25) is 9.59 Å². The first-order chi connectivity index (χ1) is 15.7. The number of ether oxygens (including phenoxy) is 1. The predicted octanol–water partition coefficient (Wildman–Crippen LogP) is 3.98. The summed E-state index contributed by atoms with van der Waals surface area (Å²) in [5, 5.41) is 12.6. The molecule has 33 heavy (non-hydrogen) atoms. The molecule has 2 aromatic rings. The zero-order chi connectivity index (χ0) is 23.3. The number of anilines is 1. The molecule has 1 atom stereocenters. The average Bonchev–Trinajstić information content (AvgIpc) is 3.27. The number of amides is 2. The van der Waals surface area contributed by atoms with Gasteiger partial charge in [-0.15, -0.1) is 0 Å². The van der Waals surface area contributed by atoms with Crippen LogP contribution in [-0.4, -0.2) is 46.6 Å². The summed E-state index contributed by atoms with van der Waals surface area (Å²) in [5.74, 6) is -0.410. The minimum Gasteiger partial charge on any atom is -0.482 e. The molecule has 0 aliphatic carbocycles. The van der Waals surface area contributed by atoms with E-state index in [2.05, 4.69) is 5.32 Å². The summed E-state index contributed by atoms with van der Waals surface area (Å²) in [6.07, 6.45) is 2.89. The maximum Gasteiger partial charge on any atom is 0.260 e. The highest BCUT2D eigenvalue weighted by Gasteiger charge is 2.38. The van der Waals surface area contributed by atoms with Gasteiger partial charge in [-0.2, -0.15) is 0 Å². The quantitative estimate of drug-likeness (QED) is 0.682. The van der Waals surface area contributed by atoms with Crippen LogP contribution in [0.25, 0.3) is 11.1 Å². The predicted molar refractivity (Wildman–Crippen MR) is 123 cm³/mol. The summed E-state index contributed by atoms with van der Waals surface area (Å²) in [6, 6.07) is 11.5. The molecule has 3 aliphatic rings. The van der Waals surface area contributed by atoms with Gasteiger partial charge in [0.2, 0.25) is 0 Å². The van der Waals surface area contributed by atoms with Crippen LogP contribution < -0.4 is 5.32 Å². The van der Waals surface area contributed by atoms with Gasteiger partial charge in [-0.1, -0.05) is 12.1 Å². The first-order valence-corrected chi connectivity index (χ1v) is 11.1. The number of nitrogens with one attached hydrogen (secondary N) is 1. The fourth-order valence-corrected chi connectivity index (χ4v) is 4.72. The first-order valence-electron chi connectivity index (χ1n) is 11.1. The Labute approximate surface area is 191 Å². The molecule has 0 aromatic heterocycles.